The fourth-order valence-electron chi connectivity index (χ4n) is 7.04. The maximum Gasteiger partial charge on any atom is 0.261 e. The van der Waals surface area contributed by atoms with Crippen LogP contribution in [0.2, 0.25) is 10.1 Å². The molecule has 4 aromatic carbocycles. The molecule has 0 spiro atoms. The lowest BCUT2D eigenvalue weighted by atomic mass is 10.1. The topological polar surface area (TPSA) is 18.5 Å². The average molecular weight is 787 g/mol. The molecule has 0 aromatic heterocycles. The van der Waals surface area contributed by atoms with Gasteiger partial charge in [-0.2, -0.15) is 0 Å². The lowest BCUT2D eigenvalue weighted by Crippen LogP contribution is -2.67. The van der Waals surface area contributed by atoms with Crippen LogP contribution in [0, 0.1) is 0 Å². The minimum atomic E-state index is -2.62. The Morgan fingerprint density at radius 1 is 0.562 bits per heavy atom. The third-order valence-electron chi connectivity index (χ3n) is 9.32. The van der Waals surface area contributed by atoms with Gasteiger partial charge in [0.2, 0.25) is 0 Å². The van der Waals surface area contributed by atoms with Crippen molar-refractivity contribution >= 4 is 60.0 Å². The third-order valence-corrected chi connectivity index (χ3v) is 19.8. The maximum atomic E-state index is 7.39. The Bertz CT molecular complexity index is 1460. The number of rotatable bonds is 16. The highest BCUT2D eigenvalue weighted by molar-refractivity contribution is 14.1. The summed E-state index contributed by atoms with van der Waals surface area (Å²) in [5.74, 6) is 0. The second-order valence-electron chi connectivity index (χ2n) is 14.7. The molecule has 0 fully saturated rings. The van der Waals surface area contributed by atoms with E-state index in [1.165, 1.54) is 20.7 Å². The molecule has 4 rings (SSSR count). The summed E-state index contributed by atoms with van der Waals surface area (Å²) in [5.41, 5.74) is 0. The highest BCUT2D eigenvalue weighted by Gasteiger charge is 2.51. The molecule has 0 heterocycles. The molecule has 0 saturated carbocycles. The van der Waals surface area contributed by atoms with Crippen LogP contribution in [0.4, 0.5) is 0 Å². The molecule has 4 aromatic rings. The number of allylic oxidation sites excluding steroid dienone is 1. The van der Waals surface area contributed by atoms with E-state index < -0.39 is 16.6 Å². The molecular weight excluding hydrogens is 732 g/mol. The molecule has 0 N–H and O–H groups in total. The smallest absolute Gasteiger partial charge is 0.261 e. The van der Waals surface area contributed by atoms with Crippen molar-refractivity contribution < 1.29 is 8.85 Å². The van der Waals surface area contributed by atoms with Crippen LogP contribution < -0.4 is 20.7 Å². The highest BCUT2D eigenvalue weighted by Crippen LogP contribution is 2.39. The molecule has 0 amide bonds. The number of halogens is 1. The number of benzene rings is 4. The van der Waals surface area contributed by atoms with Crippen molar-refractivity contribution in [1.82, 2.24) is 0 Å². The number of unbranched alkanes of at least 4 members (excludes halogenated alkanes) is 3. The predicted octanol–water partition coefficient (Wildman–Crippen LogP) is 9.96. The Hall–Kier alpha value is -2.56. The first-order chi connectivity index (χ1) is 23.1. The van der Waals surface area contributed by atoms with Gasteiger partial charge in [-0.3, -0.25) is 0 Å². The maximum absolute atomic E-state index is 7.39. The van der Waals surface area contributed by atoms with E-state index in [-0.39, 0.29) is 16.2 Å². The summed E-state index contributed by atoms with van der Waals surface area (Å²) in [6.07, 6.45) is 12.2. The fourth-order valence-corrected chi connectivity index (χ4v) is 16.8. The van der Waals surface area contributed by atoms with Crippen LogP contribution in [0.25, 0.3) is 0 Å². The summed E-state index contributed by atoms with van der Waals surface area (Å²) >= 11 is 2.33. The van der Waals surface area contributed by atoms with Crippen molar-refractivity contribution in [2.45, 2.75) is 89.8 Å². The molecule has 48 heavy (non-hydrogen) atoms. The van der Waals surface area contributed by atoms with Crippen molar-refractivity contribution in [3.63, 3.8) is 0 Å². The second kappa shape index (κ2) is 17.9. The molecule has 0 aliphatic rings. The molecule has 0 unspecified atom stereocenters. The Kier molecular flexibility index (Phi) is 14.3. The van der Waals surface area contributed by atoms with Crippen LogP contribution in [0.1, 0.15) is 73.6 Å². The van der Waals surface area contributed by atoms with Crippen molar-refractivity contribution in [3.05, 3.63) is 144 Å². The van der Waals surface area contributed by atoms with E-state index in [2.05, 4.69) is 208 Å². The Balaban J connectivity index is 1.38. The van der Waals surface area contributed by atoms with E-state index in [4.69, 9.17) is 8.85 Å². The van der Waals surface area contributed by atoms with E-state index in [1.54, 1.807) is 0 Å². The Labute approximate surface area is 307 Å². The lowest BCUT2D eigenvalue weighted by Gasteiger charge is -2.44. The van der Waals surface area contributed by atoms with Gasteiger partial charge in [0.15, 0.2) is 0 Å². The first-order valence-electron chi connectivity index (χ1n) is 17.5. The molecule has 0 aliphatic heterocycles. The lowest BCUT2D eigenvalue weighted by molar-refractivity contribution is 0.236. The van der Waals surface area contributed by atoms with Gasteiger partial charge in [-0.05, 0) is 60.6 Å². The number of hydrogen-bond acceptors (Lipinski definition) is 2. The Morgan fingerprint density at radius 3 is 1.38 bits per heavy atom. The van der Waals surface area contributed by atoms with Crippen LogP contribution in [-0.4, -0.2) is 29.3 Å². The molecule has 0 saturated heterocycles. The average Bonchev–Trinajstić information content (AvgIpc) is 3.08. The van der Waals surface area contributed by atoms with Crippen LogP contribution in [-0.2, 0) is 8.85 Å². The molecular formula is C43H55IO2Si2. The first kappa shape index (κ1) is 38.2. The SMILES string of the molecule is CC(C)(C)[Si](OCCCCC/C=C\C[C@@H](/C=C/I)O[Si](c1ccccc1)(c1ccccc1)C(C)(C)C)(c1ccccc1)c1ccccc1. The van der Waals surface area contributed by atoms with Crippen molar-refractivity contribution in [2.24, 2.45) is 0 Å². The normalized spacial score (nSPS) is 13.7. The summed E-state index contributed by atoms with van der Waals surface area (Å²) in [7, 11) is -5.08. The summed E-state index contributed by atoms with van der Waals surface area (Å²) in [4.78, 5) is 0. The minimum absolute atomic E-state index is 0.00399. The van der Waals surface area contributed by atoms with Gasteiger partial charge in [-0.25, -0.2) is 0 Å². The van der Waals surface area contributed by atoms with Gasteiger partial charge in [-0.15, -0.1) is 0 Å². The standard InChI is InChI=1S/C43H55IO2Si2/c1-42(2,3)47(38-26-16-11-17-27-38,39-28-18-12-19-29-39)45-36-24-10-8-7-9-15-25-37(34-35-44)46-48(43(4,5)6,40-30-20-13-21-31-40)41-32-22-14-23-33-41/h9,11-23,26-35,37H,7-8,10,24-25,36H2,1-6H3/b15-9-,35-34+/t37-/m0/s1. The highest BCUT2D eigenvalue weighted by atomic mass is 127. The van der Waals surface area contributed by atoms with Gasteiger partial charge in [-0.1, -0.05) is 210 Å². The van der Waals surface area contributed by atoms with Crippen LogP contribution >= 0.6 is 22.6 Å². The largest absolute Gasteiger partial charge is 0.407 e. The molecule has 2 nitrogen and oxygen atoms in total. The quantitative estimate of drug-likeness (QED) is 0.0488. The van der Waals surface area contributed by atoms with E-state index >= 15 is 0 Å². The number of hydrogen-bond donors (Lipinski definition) is 0. The van der Waals surface area contributed by atoms with Crippen LogP contribution in [0.3, 0.4) is 0 Å². The van der Waals surface area contributed by atoms with Gasteiger partial charge in [0.05, 0.1) is 6.10 Å². The van der Waals surface area contributed by atoms with E-state index in [1.807, 2.05) is 0 Å². The molecule has 1 atom stereocenters. The van der Waals surface area contributed by atoms with Crippen molar-refractivity contribution in [3.8, 4) is 0 Å². The fraction of sp³-hybridized carbons (Fsp3) is 0.349. The first-order valence-corrected chi connectivity index (χ1v) is 22.6. The van der Waals surface area contributed by atoms with Gasteiger partial charge in [0, 0.05) is 6.61 Å². The van der Waals surface area contributed by atoms with E-state index in [9.17, 15) is 0 Å². The summed E-state index contributed by atoms with van der Waals surface area (Å²) in [6.45, 7) is 14.9. The van der Waals surface area contributed by atoms with E-state index in [0.717, 1.165) is 38.7 Å². The van der Waals surface area contributed by atoms with Crippen molar-refractivity contribution in [2.75, 3.05) is 6.61 Å². The molecule has 0 radical (unpaired) electrons. The summed E-state index contributed by atoms with van der Waals surface area (Å²) < 4.78 is 16.6. The molecule has 0 aliphatic carbocycles. The van der Waals surface area contributed by atoms with Gasteiger partial charge in [0.25, 0.3) is 16.6 Å². The Morgan fingerprint density at radius 2 is 0.979 bits per heavy atom. The molecule has 5 heteroatoms. The third kappa shape index (κ3) is 9.16. The monoisotopic (exact) mass is 786 g/mol. The second-order valence-corrected chi connectivity index (χ2v) is 24.0. The van der Waals surface area contributed by atoms with E-state index in [0.29, 0.717) is 0 Å². The zero-order chi connectivity index (χ0) is 34.5. The zero-order valence-corrected chi connectivity index (χ0v) is 34.0. The van der Waals surface area contributed by atoms with Crippen molar-refractivity contribution in [1.29, 1.82) is 0 Å². The zero-order valence-electron chi connectivity index (χ0n) is 29.9. The summed E-state index contributed by atoms with van der Waals surface area (Å²) in [6, 6.07) is 43.8. The molecule has 254 valence electrons. The minimum Gasteiger partial charge on any atom is -0.407 e. The van der Waals surface area contributed by atoms with Crippen LogP contribution in [0.15, 0.2) is 144 Å². The summed E-state index contributed by atoms with van der Waals surface area (Å²) in [5, 5.41) is 5.30. The predicted molar refractivity (Wildman–Crippen MR) is 221 cm³/mol. The van der Waals surface area contributed by atoms with Crippen LogP contribution in [0.5, 0.6) is 0 Å². The van der Waals surface area contributed by atoms with Gasteiger partial charge >= 0.3 is 0 Å². The van der Waals surface area contributed by atoms with Gasteiger partial charge < -0.3 is 8.85 Å². The van der Waals surface area contributed by atoms with Gasteiger partial charge in [0.1, 0.15) is 0 Å². The molecule has 0 bridgehead atoms.